The standard InChI is InChI=1S/C11H22ClNO2/c1-9(2)7-15-6-5-13-10(14)11(3,4)8-12/h9H,5-8H2,1-4H3,(H,13,14). The lowest BCUT2D eigenvalue weighted by Crippen LogP contribution is -2.39. The first-order valence-electron chi connectivity index (χ1n) is 5.32. The van der Waals surface area contributed by atoms with Gasteiger partial charge in [0.15, 0.2) is 0 Å². The van der Waals surface area contributed by atoms with Gasteiger partial charge >= 0.3 is 0 Å². The zero-order valence-corrected chi connectivity index (χ0v) is 10.9. The maximum atomic E-state index is 11.5. The molecular weight excluding hydrogens is 214 g/mol. The molecule has 0 saturated carbocycles. The lowest BCUT2D eigenvalue weighted by Gasteiger charge is -2.20. The van der Waals surface area contributed by atoms with E-state index in [2.05, 4.69) is 19.2 Å². The Bertz CT molecular complexity index is 193. The number of hydrogen-bond donors (Lipinski definition) is 1. The Morgan fingerprint density at radius 3 is 2.53 bits per heavy atom. The van der Waals surface area contributed by atoms with Gasteiger partial charge in [0.25, 0.3) is 0 Å². The second-order valence-corrected chi connectivity index (χ2v) is 5.01. The zero-order chi connectivity index (χ0) is 11.9. The van der Waals surface area contributed by atoms with Crippen molar-refractivity contribution in [3.8, 4) is 0 Å². The van der Waals surface area contributed by atoms with E-state index in [1.807, 2.05) is 13.8 Å². The van der Waals surface area contributed by atoms with E-state index < -0.39 is 5.41 Å². The molecule has 0 atom stereocenters. The van der Waals surface area contributed by atoms with Gasteiger partial charge in [0, 0.05) is 19.0 Å². The van der Waals surface area contributed by atoms with Crippen LogP contribution >= 0.6 is 11.6 Å². The van der Waals surface area contributed by atoms with E-state index in [-0.39, 0.29) is 5.91 Å². The summed E-state index contributed by atoms with van der Waals surface area (Å²) in [7, 11) is 0. The number of carbonyl (C=O) groups is 1. The maximum Gasteiger partial charge on any atom is 0.226 e. The minimum Gasteiger partial charge on any atom is -0.379 e. The number of alkyl halides is 1. The normalized spacial score (nSPS) is 11.9. The Kier molecular flexibility index (Phi) is 6.94. The van der Waals surface area contributed by atoms with Gasteiger partial charge in [0.1, 0.15) is 0 Å². The highest BCUT2D eigenvalue weighted by Crippen LogP contribution is 2.16. The Morgan fingerprint density at radius 1 is 1.47 bits per heavy atom. The molecule has 0 aromatic rings. The molecule has 90 valence electrons. The minimum atomic E-state index is -0.500. The van der Waals surface area contributed by atoms with Crippen molar-refractivity contribution in [3.63, 3.8) is 0 Å². The summed E-state index contributed by atoms with van der Waals surface area (Å²) in [6.07, 6.45) is 0. The van der Waals surface area contributed by atoms with Gasteiger partial charge in [-0.25, -0.2) is 0 Å². The summed E-state index contributed by atoms with van der Waals surface area (Å²) in [6, 6.07) is 0. The highest BCUT2D eigenvalue weighted by atomic mass is 35.5. The van der Waals surface area contributed by atoms with Gasteiger partial charge in [-0.15, -0.1) is 11.6 Å². The van der Waals surface area contributed by atoms with Crippen LogP contribution in [-0.4, -0.2) is 31.5 Å². The zero-order valence-electron chi connectivity index (χ0n) is 10.1. The maximum absolute atomic E-state index is 11.5. The molecular formula is C11H22ClNO2. The molecule has 0 fully saturated rings. The lowest BCUT2D eigenvalue weighted by atomic mass is 9.95. The van der Waals surface area contributed by atoms with E-state index >= 15 is 0 Å². The van der Waals surface area contributed by atoms with Gasteiger partial charge < -0.3 is 10.1 Å². The van der Waals surface area contributed by atoms with Gasteiger partial charge in [-0.1, -0.05) is 13.8 Å². The predicted molar refractivity (Wildman–Crippen MR) is 63.2 cm³/mol. The quantitative estimate of drug-likeness (QED) is 0.542. The smallest absolute Gasteiger partial charge is 0.226 e. The average molecular weight is 236 g/mol. The number of ether oxygens (including phenoxy) is 1. The number of carbonyl (C=O) groups excluding carboxylic acids is 1. The molecule has 0 heterocycles. The van der Waals surface area contributed by atoms with Crippen LogP contribution in [0.25, 0.3) is 0 Å². The summed E-state index contributed by atoms with van der Waals surface area (Å²) in [4.78, 5) is 11.5. The fourth-order valence-electron chi connectivity index (χ4n) is 0.856. The van der Waals surface area contributed by atoms with Crippen molar-refractivity contribution in [1.29, 1.82) is 0 Å². The summed E-state index contributed by atoms with van der Waals surface area (Å²) in [5.74, 6) is 0.830. The van der Waals surface area contributed by atoms with Crippen LogP contribution in [-0.2, 0) is 9.53 Å². The first-order chi connectivity index (χ1) is 6.90. The summed E-state index contributed by atoms with van der Waals surface area (Å²) >= 11 is 5.68. The molecule has 0 radical (unpaired) electrons. The molecule has 0 aliphatic heterocycles. The van der Waals surface area contributed by atoms with Crippen LogP contribution in [0.4, 0.5) is 0 Å². The molecule has 1 amide bonds. The fourth-order valence-corrected chi connectivity index (χ4v) is 0.977. The van der Waals surface area contributed by atoms with Crippen molar-refractivity contribution in [2.75, 3.05) is 25.6 Å². The molecule has 3 nitrogen and oxygen atoms in total. The largest absolute Gasteiger partial charge is 0.379 e. The Labute approximate surface area is 97.5 Å². The minimum absolute atomic E-state index is 0.0225. The average Bonchev–Trinajstić information content (AvgIpc) is 2.16. The Balaban J connectivity index is 3.56. The third kappa shape index (κ3) is 6.74. The van der Waals surface area contributed by atoms with Crippen molar-refractivity contribution >= 4 is 17.5 Å². The van der Waals surface area contributed by atoms with Crippen LogP contribution in [0.2, 0.25) is 0 Å². The summed E-state index contributed by atoms with van der Waals surface area (Å²) in [5, 5.41) is 2.80. The molecule has 0 aliphatic carbocycles. The van der Waals surface area contributed by atoms with E-state index in [0.717, 1.165) is 6.61 Å². The Hall–Kier alpha value is -0.280. The molecule has 0 rings (SSSR count). The number of nitrogens with one attached hydrogen (secondary N) is 1. The van der Waals surface area contributed by atoms with Crippen molar-refractivity contribution in [1.82, 2.24) is 5.32 Å². The predicted octanol–water partition coefficient (Wildman–Crippen LogP) is 2.04. The fraction of sp³-hybridized carbons (Fsp3) is 0.909. The SMILES string of the molecule is CC(C)COCCNC(=O)C(C)(C)CCl. The lowest BCUT2D eigenvalue weighted by molar-refractivity contribution is -0.128. The highest BCUT2D eigenvalue weighted by molar-refractivity contribution is 6.19. The highest BCUT2D eigenvalue weighted by Gasteiger charge is 2.25. The second-order valence-electron chi connectivity index (χ2n) is 4.74. The topological polar surface area (TPSA) is 38.3 Å². The van der Waals surface area contributed by atoms with Gasteiger partial charge in [0.05, 0.1) is 12.0 Å². The van der Waals surface area contributed by atoms with Gasteiger partial charge in [0.2, 0.25) is 5.91 Å². The van der Waals surface area contributed by atoms with Crippen molar-refractivity contribution in [2.45, 2.75) is 27.7 Å². The summed E-state index contributed by atoms with van der Waals surface area (Å²) < 4.78 is 5.34. The molecule has 15 heavy (non-hydrogen) atoms. The summed E-state index contributed by atoms with van der Waals surface area (Å²) in [6.45, 7) is 9.67. The van der Waals surface area contributed by atoms with Gasteiger partial charge in [-0.2, -0.15) is 0 Å². The van der Waals surface area contributed by atoms with Crippen molar-refractivity contribution in [2.24, 2.45) is 11.3 Å². The van der Waals surface area contributed by atoms with E-state index in [1.165, 1.54) is 0 Å². The van der Waals surface area contributed by atoms with Gasteiger partial charge in [-0.05, 0) is 19.8 Å². The Morgan fingerprint density at radius 2 is 2.07 bits per heavy atom. The number of halogens is 1. The van der Waals surface area contributed by atoms with E-state index in [1.54, 1.807) is 0 Å². The van der Waals surface area contributed by atoms with Crippen LogP contribution in [0, 0.1) is 11.3 Å². The number of rotatable bonds is 7. The molecule has 0 aliphatic rings. The molecule has 0 unspecified atom stereocenters. The van der Waals surface area contributed by atoms with Crippen molar-refractivity contribution < 1.29 is 9.53 Å². The molecule has 0 aromatic heterocycles. The van der Waals surface area contributed by atoms with E-state index in [4.69, 9.17) is 16.3 Å². The molecule has 0 spiro atoms. The first kappa shape index (κ1) is 14.7. The van der Waals surface area contributed by atoms with Crippen LogP contribution in [0.5, 0.6) is 0 Å². The van der Waals surface area contributed by atoms with E-state index in [0.29, 0.717) is 24.9 Å². The van der Waals surface area contributed by atoms with Crippen LogP contribution in [0.1, 0.15) is 27.7 Å². The molecule has 1 N–H and O–H groups in total. The third-order valence-electron chi connectivity index (χ3n) is 1.93. The van der Waals surface area contributed by atoms with Crippen molar-refractivity contribution in [3.05, 3.63) is 0 Å². The molecule has 0 bridgehead atoms. The molecule has 0 aromatic carbocycles. The van der Waals surface area contributed by atoms with Gasteiger partial charge in [-0.3, -0.25) is 4.79 Å². The van der Waals surface area contributed by atoms with Crippen LogP contribution < -0.4 is 5.32 Å². The van der Waals surface area contributed by atoms with Crippen LogP contribution in [0.3, 0.4) is 0 Å². The third-order valence-corrected chi connectivity index (χ3v) is 2.60. The first-order valence-corrected chi connectivity index (χ1v) is 5.85. The number of amides is 1. The molecule has 0 saturated heterocycles. The van der Waals surface area contributed by atoms with Crippen LogP contribution in [0.15, 0.2) is 0 Å². The summed E-state index contributed by atoms with van der Waals surface area (Å²) in [5.41, 5.74) is -0.500. The van der Waals surface area contributed by atoms with E-state index in [9.17, 15) is 4.79 Å². The monoisotopic (exact) mass is 235 g/mol. The molecule has 4 heteroatoms. The second kappa shape index (κ2) is 7.07. The number of hydrogen-bond acceptors (Lipinski definition) is 2.